The van der Waals surface area contributed by atoms with Crippen LogP contribution in [0.3, 0.4) is 0 Å². The number of rotatable bonds is 3. The molecule has 2 heteroatoms. The van der Waals surface area contributed by atoms with Crippen LogP contribution >= 0.6 is 0 Å². The lowest BCUT2D eigenvalue weighted by Crippen LogP contribution is -1.99. The highest BCUT2D eigenvalue weighted by molar-refractivity contribution is 5.72. The van der Waals surface area contributed by atoms with E-state index in [1.54, 1.807) is 0 Å². The highest BCUT2D eigenvalue weighted by Crippen LogP contribution is 2.20. The number of hydrogen-bond acceptors (Lipinski definition) is 1. The van der Waals surface area contributed by atoms with Gasteiger partial charge in [0.05, 0.1) is 6.42 Å². The molecule has 0 unspecified atom stereocenters. The highest BCUT2D eigenvalue weighted by atomic mass is 16.4. The molecule has 0 aliphatic carbocycles. The van der Waals surface area contributed by atoms with Crippen molar-refractivity contribution in [3.05, 3.63) is 60.2 Å². The topological polar surface area (TPSA) is 37.3 Å². The van der Waals surface area contributed by atoms with Gasteiger partial charge in [-0.15, -0.1) is 0 Å². The van der Waals surface area contributed by atoms with E-state index in [1.165, 1.54) is 0 Å². The maximum Gasteiger partial charge on any atom is 0.307 e. The Morgan fingerprint density at radius 1 is 0.850 bits per heavy atom. The van der Waals surface area contributed by atoms with Crippen LogP contribution in [0.5, 0.6) is 0 Å². The van der Waals surface area contributed by atoms with Crippen LogP contribution in [0.25, 0.3) is 11.1 Å². The number of hydrogen-bond donors (Lipinski definition) is 1. The zero-order valence-electron chi connectivity index (χ0n) is 12.8. The molecule has 0 saturated carbocycles. The minimum Gasteiger partial charge on any atom is -0.481 e. The lowest BCUT2D eigenvalue weighted by atomic mass is 10.0. The third-order valence-electron chi connectivity index (χ3n) is 2.39. The standard InChI is InChI=1S/C14H12O2.2C2H6/c15-14(16)10-11-5-4-8-13(9-11)12-6-2-1-3-7-12;2*1-2/h1-9H,10H2,(H,15,16);2*1-2H3. The van der Waals surface area contributed by atoms with Crippen molar-refractivity contribution in [1.29, 1.82) is 0 Å². The molecule has 0 saturated heterocycles. The Kier molecular flexibility index (Phi) is 9.67. The Bertz CT molecular complexity index is 490. The van der Waals surface area contributed by atoms with Crippen molar-refractivity contribution in [3.8, 4) is 11.1 Å². The molecule has 2 rings (SSSR count). The molecular formula is C18H24O2. The molecule has 0 aromatic heterocycles. The second-order valence-corrected chi connectivity index (χ2v) is 3.64. The van der Waals surface area contributed by atoms with Gasteiger partial charge in [-0.2, -0.15) is 0 Å². The first-order valence-corrected chi connectivity index (χ1v) is 7.12. The number of carboxylic acid groups (broad SMARTS) is 1. The van der Waals surface area contributed by atoms with Gasteiger partial charge in [0.2, 0.25) is 0 Å². The Morgan fingerprint density at radius 2 is 1.40 bits per heavy atom. The summed E-state index contributed by atoms with van der Waals surface area (Å²) in [5.74, 6) is -0.801. The Hall–Kier alpha value is -2.09. The number of aliphatic carboxylic acids is 1. The van der Waals surface area contributed by atoms with Crippen LogP contribution in [-0.4, -0.2) is 11.1 Å². The smallest absolute Gasteiger partial charge is 0.307 e. The molecule has 0 atom stereocenters. The fourth-order valence-corrected chi connectivity index (χ4v) is 1.67. The van der Waals surface area contributed by atoms with Gasteiger partial charge in [-0.25, -0.2) is 0 Å². The van der Waals surface area contributed by atoms with E-state index in [9.17, 15) is 4.79 Å². The maximum atomic E-state index is 10.6. The first kappa shape index (κ1) is 17.9. The summed E-state index contributed by atoms with van der Waals surface area (Å²) in [6.07, 6.45) is 0.0701. The molecule has 0 bridgehead atoms. The van der Waals surface area contributed by atoms with E-state index in [1.807, 2.05) is 82.3 Å². The second kappa shape index (κ2) is 10.8. The minimum atomic E-state index is -0.801. The summed E-state index contributed by atoms with van der Waals surface area (Å²) in [6.45, 7) is 8.00. The molecule has 0 radical (unpaired) electrons. The van der Waals surface area contributed by atoms with Crippen LogP contribution in [-0.2, 0) is 11.2 Å². The quantitative estimate of drug-likeness (QED) is 0.850. The van der Waals surface area contributed by atoms with Gasteiger partial charge in [-0.1, -0.05) is 82.3 Å². The average molecular weight is 272 g/mol. The predicted octanol–water partition coefficient (Wildman–Crippen LogP) is 5.03. The molecule has 2 aromatic rings. The van der Waals surface area contributed by atoms with Gasteiger partial charge in [-0.3, -0.25) is 4.79 Å². The Labute approximate surface area is 122 Å². The zero-order valence-corrected chi connectivity index (χ0v) is 12.8. The molecule has 0 fully saturated rings. The van der Waals surface area contributed by atoms with Crippen molar-refractivity contribution in [2.75, 3.05) is 0 Å². The third kappa shape index (κ3) is 6.19. The van der Waals surface area contributed by atoms with Crippen LogP contribution in [0.2, 0.25) is 0 Å². The van der Waals surface area contributed by atoms with Gasteiger partial charge in [0, 0.05) is 0 Å². The van der Waals surface area contributed by atoms with E-state index >= 15 is 0 Å². The minimum absolute atomic E-state index is 0.0701. The van der Waals surface area contributed by atoms with Crippen LogP contribution in [0.4, 0.5) is 0 Å². The highest BCUT2D eigenvalue weighted by Gasteiger charge is 2.02. The van der Waals surface area contributed by atoms with E-state index in [-0.39, 0.29) is 6.42 Å². The molecule has 2 nitrogen and oxygen atoms in total. The fraction of sp³-hybridized carbons (Fsp3) is 0.278. The summed E-state index contributed by atoms with van der Waals surface area (Å²) < 4.78 is 0. The lowest BCUT2D eigenvalue weighted by molar-refractivity contribution is -0.136. The van der Waals surface area contributed by atoms with E-state index in [0.29, 0.717) is 0 Å². The van der Waals surface area contributed by atoms with Crippen LogP contribution < -0.4 is 0 Å². The summed E-state index contributed by atoms with van der Waals surface area (Å²) in [7, 11) is 0. The van der Waals surface area contributed by atoms with Crippen LogP contribution in [0.15, 0.2) is 54.6 Å². The maximum absolute atomic E-state index is 10.6. The van der Waals surface area contributed by atoms with Crippen molar-refractivity contribution < 1.29 is 9.90 Å². The molecular weight excluding hydrogens is 248 g/mol. The largest absolute Gasteiger partial charge is 0.481 e. The van der Waals surface area contributed by atoms with Gasteiger partial charge in [0.25, 0.3) is 0 Å². The monoisotopic (exact) mass is 272 g/mol. The molecule has 0 amide bonds. The van der Waals surface area contributed by atoms with Crippen molar-refractivity contribution in [3.63, 3.8) is 0 Å². The van der Waals surface area contributed by atoms with Crippen molar-refractivity contribution in [2.45, 2.75) is 34.1 Å². The van der Waals surface area contributed by atoms with Gasteiger partial charge >= 0.3 is 5.97 Å². The average Bonchev–Trinajstić information content (AvgIpc) is 2.52. The van der Waals surface area contributed by atoms with Crippen LogP contribution in [0.1, 0.15) is 33.3 Å². The number of carboxylic acids is 1. The normalized spacial score (nSPS) is 8.60. The van der Waals surface area contributed by atoms with E-state index in [0.717, 1.165) is 16.7 Å². The summed E-state index contributed by atoms with van der Waals surface area (Å²) in [5, 5.41) is 8.73. The molecule has 0 aliphatic rings. The number of carbonyl (C=O) groups is 1. The summed E-state index contributed by atoms with van der Waals surface area (Å²) in [5.41, 5.74) is 2.99. The fourth-order valence-electron chi connectivity index (χ4n) is 1.67. The van der Waals surface area contributed by atoms with Crippen molar-refractivity contribution >= 4 is 5.97 Å². The Morgan fingerprint density at radius 3 is 1.95 bits per heavy atom. The summed E-state index contributed by atoms with van der Waals surface area (Å²) >= 11 is 0. The molecule has 0 aliphatic heterocycles. The molecule has 20 heavy (non-hydrogen) atoms. The third-order valence-corrected chi connectivity index (χ3v) is 2.39. The summed E-state index contributed by atoms with van der Waals surface area (Å²) in [4.78, 5) is 10.6. The first-order chi connectivity index (χ1) is 9.75. The van der Waals surface area contributed by atoms with Gasteiger partial charge in [-0.05, 0) is 16.7 Å². The predicted molar refractivity (Wildman–Crippen MR) is 85.9 cm³/mol. The van der Waals surface area contributed by atoms with Crippen molar-refractivity contribution in [2.24, 2.45) is 0 Å². The molecule has 2 aromatic carbocycles. The van der Waals surface area contributed by atoms with Gasteiger partial charge in [0.1, 0.15) is 0 Å². The van der Waals surface area contributed by atoms with E-state index in [2.05, 4.69) is 0 Å². The van der Waals surface area contributed by atoms with E-state index in [4.69, 9.17) is 5.11 Å². The Balaban J connectivity index is 0.000000829. The SMILES string of the molecule is CC.CC.O=C(O)Cc1cccc(-c2ccccc2)c1. The van der Waals surface area contributed by atoms with Gasteiger partial charge < -0.3 is 5.11 Å². The zero-order chi connectivity index (χ0) is 15.4. The molecule has 0 heterocycles. The first-order valence-electron chi connectivity index (χ1n) is 7.12. The van der Waals surface area contributed by atoms with Crippen LogP contribution in [0, 0.1) is 0 Å². The van der Waals surface area contributed by atoms with E-state index < -0.39 is 5.97 Å². The summed E-state index contributed by atoms with van der Waals surface area (Å²) in [6, 6.07) is 17.6. The number of benzene rings is 2. The molecule has 0 spiro atoms. The van der Waals surface area contributed by atoms with Gasteiger partial charge in [0.15, 0.2) is 0 Å². The lowest BCUT2D eigenvalue weighted by Gasteiger charge is -2.03. The second-order valence-electron chi connectivity index (χ2n) is 3.64. The van der Waals surface area contributed by atoms with Crippen molar-refractivity contribution in [1.82, 2.24) is 0 Å². The molecule has 1 N–H and O–H groups in total. The molecule has 108 valence electrons.